The van der Waals surface area contributed by atoms with Crippen molar-refractivity contribution in [3.8, 4) is 0 Å². The summed E-state index contributed by atoms with van der Waals surface area (Å²) in [6.07, 6.45) is 4.14. The normalized spacial score (nSPS) is 19.7. The summed E-state index contributed by atoms with van der Waals surface area (Å²) in [5.74, 6) is 1.02. The fourth-order valence-electron chi connectivity index (χ4n) is 2.92. The number of nitrogens with zero attached hydrogens (tertiary/aromatic N) is 1. The van der Waals surface area contributed by atoms with Crippen molar-refractivity contribution in [3.63, 3.8) is 0 Å². The van der Waals surface area contributed by atoms with Gasteiger partial charge in [0, 0.05) is 6.42 Å². The topological polar surface area (TPSA) is 20.3 Å². The molecule has 1 aromatic rings. The molecule has 0 N–H and O–H groups in total. The van der Waals surface area contributed by atoms with Crippen LogP contribution in [0.2, 0.25) is 0 Å². The molecule has 18 heavy (non-hydrogen) atoms. The zero-order chi connectivity index (χ0) is 13.0. The van der Waals surface area contributed by atoms with Crippen molar-refractivity contribution >= 4 is 6.29 Å². The van der Waals surface area contributed by atoms with Gasteiger partial charge < -0.3 is 9.69 Å². The van der Waals surface area contributed by atoms with Gasteiger partial charge >= 0.3 is 0 Å². The van der Waals surface area contributed by atoms with Gasteiger partial charge in [-0.2, -0.15) is 0 Å². The monoisotopic (exact) mass is 245 g/mol. The highest BCUT2D eigenvalue weighted by atomic mass is 16.1. The number of carbonyl (C=O) groups excluding carboxylic acids is 1. The first kappa shape index (κ1) is 13.3. The van der Waals surface area contributed by atoms with Crippen molar-refractivity contribution < 1.29 is 4.79 Å². The molecule has 1 heterocycles. The fourth-order valence-corrected chi connectivity index (χ4v) is 2.92. The molecule has 1 fully saturated rings. The summed E-state index contributed by atoms with van der Waals surface area (Å²) < 4.78 is 0. The molecule has 0 aromatic heterocycles. The summed E-state index contributed by atoms with van der Waals surface area (Å²) in [4.78, 5) is 13.1. The SMILES string of the molecule is CC(CC=O)c1ccccc1C1CCN(C)CC1. The standard InChI is InChI=1S/C16H23NO/c1-13(9-12-18)15-5-3-4-6-16(15)14-7-10-17(2)11-8-14/h3-6,12-14H,7-11H2,1-2H3. The van der Waals surface area contributed by atoms with Gasteiger partial charge in [-0.15, -0.1) is 0 Å². The molecule has 0 aliphatic carbocycles. The van der Waals surface area contributed by atoms with Crippen molar-refractivity contribution in [3.05, 3.63) is 35.4 Å². The van der Waals surface area contributed by atoms with Crippen LogP contribution in [0.4, 0.5) is 0 Å². The quantitative estimate of drug-likeness (QED) is 0.759. The number of carbonyl (C=O) groups is 1. The van der Waals surface area contributed by atoms with E-state index in [9.17, 15) is 4.79 Å². The number of hydrogen-bond donors (Lipinski definition) is 0. The second kappa shape index (κ2) is 6.14. The smallest absolute Gasteiger partial charge is 0.120 e. The van der Waals surface area contributed by atoms with Crippen molar-refractivity contribution in [2.45, 2.75) is 38.0 Å². The Kier molecular flexibility index (Phi) is 4.54. The van der Waals surface area contributed by atoms with E-state index in [1.165, 1.54) is 37.1 Å². The molecule has 0 spiro atoms. The van der Waals surface area contributed by atoms with Crippen LogP contribution in [-0.4, -0.2) is 31.3 Å². The lowest BCUT2D eigenvalue weighted by Crippen LogP contribution is -2.29. The molecule has 1 saturated heterocycles. The number of hydrogen-bond acceptors (Lipinski definition) is 2. The Labute approximate surface area is 110 Å². The van der Waals surface area contributed by atoms with Crippen LogP contribution in [0.1, 0.15) is 49.1 Å². The lowest BCUT2D eigenvalue weighted by Gasteiger charge is -2.31. The van der Waals surface area contributed by atoms with Gasteiger partial charge in [0.15, 0.2) is 0 Å². The molecule has 1 unspecified atom stereocenters. The van der Waals surface area contributed by atoms with Crippen LogP contribution in [0.25, 0.3) is 0 Å². The van der Waals surface area contributed by atoms with E-state index in [1.54, 1.807) is 0 Å². The molecule has 2 heteroatoms. The van der Waals surface area contributed by atoms with Crippen LogP contribution in [0.3, 0.4) is 0 Å². The van der Waals surface area contributed by atoms with E-state index < -0.39 is 0 Å². The molecule has 0 saturated carbocycles. The number of likely N-dealkylation sites (tertiary alicyclic amines) is 1. The second-order valence-corrected chi connectivity index (χ2v) is 5.51. The molecule has 0 bridgehead atoms. The van der Waals surface area contributed by atoms with E-state index in [1.807, 2.05) is 0 Å². The third-order valence-corrected chi connectivity index (χ3v) is 4.14. The van der Waals surface area contributed by atoms with Gasteiger partial charge in [0.25, 0.3) is 0 Å². The maximum absolute atomic E-state index is 10.7. The molecule has 1 aromatic carbocycles. The fraction of sp³-hybridized carbons (Fsp3) is 0.562. The van der Waals surface area contributed by atoms with Gasteiger partial charge in [-0.3, -0.25) is 0 Å². The van der Waals surface area contributed by atoms with Crippen molar-refractivity contribution in [2.75, 3.05) is 20.1 Å². The summed E-state index contributed by atoms with van der Waals surface area (Å²) in [5.41, 5.74) is 2.85. The zero-order valence-corrected chi connectivity index (χ0v) is 11.4. The van der Waals surface area contributed by atoms with Crippen molar-refractivity contribution in [2.24, 2.45) is 0 Å². The van der Waals surface area contributed by atoms with E-state index in [0.29, 0.717) is 18.3 Å². The minimum absolute atomic E-state index is 0.346. The largest absolute Gasteiger partial charge is 0.306 e. The molecule has 1 aliphatic rings. The van der Waals surface area contributed by atoms with E-state index in [0.717, 1.165) is 6.29 Å². The number of aldehydes is 1. The summed E-state index contributed by atoms with van der Waals surface area (Å²) >= 11 is 0. The maximum atomic E-state index is 10.7. The van der Waals surface area contributed by atoms with Crippen LogP contribution in [-0.2, 0) is 4.79 Å². The highest BCUT2D eigenvalue weighted by molar-refractivity contribution is 5.52. The molecule has 2 rings (SSSR count). The van der Waals surface area contributed by atoms with Crippen molar-refractivity contribution in [1.29, 1.82) is 0 Å². The summed E-state index contributed by atoms with van der Waals surface area (Å²) in [6.45, 7) is 4.52. The van der Waals surface area contributed by atoms with Crippen LogP contribution < -0.4 is 0 Å². The Morgan fingerprint density at radius 2 is 2.00 bits per heavy atom. The highest BCUT2D eigenvalue weighted by Crippen LogP contribution is 2.33. The van der Waals surface area contributed by atoms with Gasteiger partial charge in [-0.25, -0.2) is 0 Å². The van der Waals surface area contributed by atoms with E-state index in [4.69, 9.17) is 0 Å². The van der Waals surface area contributed by atoms with Gasteiger partial charge in [-0.05, 0) is 55.9 Å². The van der Waals surface area contributed by atoms with Gasteiger partial charge in [0.1, 0.15) is 6.29 Å². The average molecular weight is 245 g/mol. The minimum atomic E-state index is 0.346. The lowest BCUT2D eigenvalue weighted by atomic mass is 9.82. The van der Waals surface area contributed by atoms with Crippen LogP contribution in [0.5, 0.6) is 0 Å². The first-order valence-corrected chi connectivity index (χ1v) is 6.93. The molecular formula is C16H23NO. The summed E-state index contributed by atoms with van der Waals surface area (Å²) in [7, 11) is 2.19. The molecule has 0 radical (unpaired) electrons. The average Bonchev–Trinajstić information content (AvgIpc) is 2.40. The minimum Gasteiger partial charge on any atom is -0.306 e. The van der Waals surface area contributed by atoms with E-state index in [2.05, 4.69) is 43.1 Å². The first-order chi connectivity index (χ1) is 8.72. The zero-order valence-electron chi connectivity index (χ0n) is 11.4. The summed E-state index contributed by atoms with van der Waals surface area (Å²) in [6, 6.07) is 8.67. The number of piperidine rings is 1. The molecule has 0 amide bonds. The number of rotatable bonds is 4. The summed E-state index contributed by atoms with van der Waals surface area (Å²) in [5, 5.41) is 0. The molecule has 1 aliphatic heterocycles. The van der Waals surface area contributed by atoms with E-state index in [-0.39, 0.29) is 0 Å². The molecular weight excluding hydrogens is 222 g/mol. The van der Waals surface area contributed by atoms with Crippen LogP contribution in [0.15, 0.2) is 24.3 Å². The Hall–Kier alpha value is -1.15. The van der Waals surface area contributed by atoms with E-state index >= 15 is 0 Å². The third kappa shape index (κ3) is 2.99. The van der Waals surface area contributed by atoms with Crippen molar-refractivity contribution in [1.82, 2.24) is 4.90 Å². The van der Waals surface area contributed by atoms with Crippen LogP contribution >= 0.6 is 0 Å². The Morgan fingerprint density at radius 3 is 2.67 bits per heavy atom. The van der Waals surface area contributed by atoms with Gasteiger partial charge in [0.05, 0.1) is 0 Å². The molecule has 2 nitrogen and oxygen atoms in total. The Balaban J connectivity index is 2.19. The lowest BCUT2D eigenvalue weighted by molar-refractivity contribution is -0.108. The molecule has 1 atom stereocenters. The predicted octanol–water partition coefficient (Wildman–Crippen LogP) is 3.19. The second-order valence-electron chi connectivity index (χ2n) is 5.51. The number of benzene rings is 1. The van der Waals surface area contributed by atoms with Crippen LogP contribution in [0, 0.1) is 0 Å². The first-order valence-electron chi connectivity index (χ1n) is 6.93. The molecule has 98 valence electrons. The van der Waals surface area contributed by atoms with Gasteiger partial charge in [-0.1, -0.05) is 31.2 Å². The Morgan fingerprint density at radius 1 is 1.33 bits per heavy atom. The third-order valence-electron chi connectivity index (χ3n) is 4.14. The van der Waals surface area contributed by atoms with Gasteiger partial charge in [0.2, 0.25) is 0 Å². The highest BCUT2D eigenvalue weighted by Gasteiger charge is 2.21. The predicted molar refractivity (Wildman–Crippen MR) is 75.0 cm³/mol. The maximum Gasteiger partial charge on any atom is 0.120 e. The Bertz CT molecular complexity index is 394.